The number of carbonyl (C=O) groups excluding carboxylic acids is 1. The predicted molar refractivity (Wildman–Crippen MR) is 103 cm³/mol. The van der Waals surface area contributed by atoms with Crippen LogP contribution in [0, 0.1) is 11.7 Å². The first-order valence-corrected chi connectivity index (χ1v) is 9.78. The fraction of sp³-hybridized carbons (Fsp3) is 0.409. The number of nitrogens with one attached hydrogen (secondary N) is 2. The molecule has 2 saturated heterocycles. The van der Waals surface area contributed by atoms with Gasteiger partial charge in [0.2, 0.25) is 5.91 Å². The number of likely N-dealkylation sites (tertiary alicyclic amines) is 1. The third-order valence-electron chi connectivity index (χ3n) is 5.77. The van der Waals surface area contributed by atoms with Gasteiger partial charge in [0.1, 0.15) is 11.9 Å². The second-order valence-corrected chi connectivity index (χ2v) is 7.64. The Morgan fingerprint density at radius 2 is 1.70 bits per heavy atom. The van der Waals surface area contributed by atoms with Crippen molar-refractivity contribution in [3.8, 4) is 0 Å². The molecule has 2 unspecified atom stereocenters. The Morgan fingerprint density at radius 3 is 2.41 bits per heavy atom. The molecule has 0 aromatic heterocycles. The van der Waals surface area contributed by atoms with E-state index < -0.39 is 0 Å². The number of nitrogens with zero attached hydrogens (tertiary/aromatic N) is 1. The highest BCUT2D eigenvalue weighted by molar-refractivity contribution is 5.82. The zero-order valence-electron chi connectivity index (χ0n) is 15.4. The summed E-state index contributed by atoms with van der Waals surface area (Å²) < 4.78 is 13.1. The molecule has 2 atom stereocenters. The molecule has 4 rings (SSSR count). The second-order valence-electron chi connectivity index (χ2n) is 7.64. The normalized spacial score (nSPS) is 23.5. The van der Waals surface area contributed by atoms with Crippen LogP contribution < -0.4 is 10.9 Å². The molecule has 4 nitrogen and oxygen atoms in total. The first-order chi connectivity index (χ1) is 13.2. The van der Waals surface area contributed by atoms with Crippen molar-refractivity contribution in [3.63, 3.8) is 0 Å². The lowest BCUT2D eigenvalue weighted by atomic mass is 9.90. The molecule has 2 aliphatic heterocycles. The largest absolute Gasteiger partial charge is 0.341 e. The van der Waals surface area contributed by atoms with Crippen LogP contribution in [0.2, 0.25) is 0 Å². The van der Waals surface area contributed by atoms with E-state index in [1.54, 1.807) is 12.1 Å². The van der Waals surface area contributed by atoms with Crippen molar-refractivity contribution < 1.29 is 9.18 Å². The molecule has 0 aliphatic carbocycles. The Bertz CT molecular complexity index is 757. The topological polar surface area (TPSA) is 44.4 Å². The number of rotatable bonds is 4. The molecule has 2 heterocycles. The van der Waals surface area contributed by atoms with Crippen molar-refractivity contribution in [2.45, 2.75) is 37.8 Å². The van der Waals surface area contributed by atoms with Gasteiger partial charge in [0.25, 0.3) is 0 Å². The van der Waals surface area contributed by atoms with E-state index in [0.717, 1.165) is 37.9 Å². The predicted octanol–water partition coefficient (Wildman–Crippen LogP) is 3.21. The van der Waals surface area contributed by atoms with E-state index in [0.29, 0.717) is 12.3 Å². The maximum absolute atomic E-state index is 13.1. The molecule has 27 heavy (non-hydrogen) atoms. The van der Waals surface area contributed by atoms with Gasteiger partial charge < -0.3 is 4.90 Å². The van der Waals surface area contributed by atoms with Crippen molar-refractivity contribution >= 4 is 5.91 Å². The van der Waals surface area contributed by atoms with Crippen LogP contribution in [-0.2, 0) is 11.2 Å². The van der Waals surface area contributed by atoms with Crippen LogP contribution in [0.5, 0.6) is 0 Å². The SMILES string of the molecule is O=C(C1CC(c2ccc(F)cc2)NN1)N1CCC(Cc2ccccc2)CC1. The van der Waals surface area contributed by atoms with Crippen molar-refractivity contribution in [2.75, 3.05) is 13.1 Å². The number of carbonyl (C=O) groups is 1. The highest BCUT2D eigenvalue weighted by Gasteiger charge is 2.34. The minimum Gasteiger partial charge on any atom is -0.341 e. The average molecular weight is 367 g/mol. The molecular weight excluding hydrogens is 341 g/mol. The van der Waals surface area contributed by atoms with E-state index in [-0.39, 0.29) is 23.8 Å². The summed E-state index contributed by atoms with van der Waals surface area (Å²) in [5.74, 6) is 0.582. The van der Waals surface area contributed by atoms with Gasteiger partial charge in [-0.2, -0.15) is 0 Å². The molecule has 0 bridgehead atoms. The van der Waals surface area contributed by atoms with E-state index >= 15 is 0 Å². The lowest BCUT2D eigenvalue weighted by Gasteiger charge is -2.33. The molecule has 2 aromatic carbocycles. The van der Waals surface area contributed by atoms with Crippen LogP contribution in [0.4, 0.5) is 4.39 Å². The van der Waals surface area contributed by atoms with Gasteiger partial charge in [-0.05, 0) is 54.9 Å². The van der Waals surface area contributed by atoms with E-state index in [1.165, 1.54) is 17.7 Å². The number of hydrogen-bond acceptors (Lipinski definition) is 3. The van der Waals surface area contributed by atoms with Gasteiger partial charge in [0, 0.05) is 19.1 Å². The number of piperidine rings is 1. The summed E-state index contributed by atoms with van der Waals surface area (Å²) in [4.78, 5) is 14.9. The van der Waals surface area contributed by atoms with Gasteiger partial charge in [-0.15, -0.1) is 0 Å². The average Bonchev–Trinajstić information content (AvgIpc) is 3.20. The molecule has 0 radical (unpaired) electrons. The highest BCUT2D eigenvalue weighted by atomic mass is 19.1. The van der Waals surface area contributed by atoms with Crippen molar-refractivity contribution in [2.24, 2.45) is 5.92 Å². The first kappa shape index (κ1) is 18.1. The summed E-state index contributed by atoms with van der Waals surface area (Å²) in [7, 11) is 0. The molecule has 1 amide bonds. The Kier molecular flexibility index (Phi) is 5.50. The number of hydrogen-bond donors (Lipinski definition) is 2. The Balaban J connectivity index is 1.28. The Labute approximate surface area is 159 Å². The Morgan fingerprint density at radius 1 is 1.00 bits per heavy atom. The summed E-state index contributed by atoms with van der Waals surface area (Å²) >= 11 is 0. The molecule has 2 fully saturated rings. The van der Waals surface area contributed by atoms with Crippen molar-refractivity contribution in [1.29, 1.82) is 0 Å². The maximum atomic E-state index is 13.1. The molecule has 0 saturated carbocycles. The number of amides is 1. The van der Waals surface area contributed by atoms with Crippen LogP contribution in [0.3, 0.4) is 0 Å². The van der Waals surface area contributed by atoms with Crippen LogP contribution in [0.25, 0.3) is 0 Å². The fourth-order valence-corrected chi connectivity index (χ4v) is 4.16. The minimum absolute atomic E-state index is 0.0372. The summed E-state index contributed by atoms with van der Waals surface area (Å²) in [5.41, 5.74) is 8.70. The smallest absolute Gasteiger partial charge is 0.241 e. The zero-order valence-corrected chi connectivity index (χ0v) is 15.4. The summed E-state index contributed by atoms with van der Waals surface area (Å²) in [6.07, 6.45) is 3.90. The maximum Gasteiger partial charge on any atom is 0.241 e. The van der Waals surface area contributed by atoms with E-state index in [1.807, 2.05) is 11.0 Å². The van der Waals surface area contributed by atoms with Gasteiger partial charge in [0.05, 0.1) is 0 Å². The fourth-order valence-electron chi connectivity index (χ4n) is 4.16. The molecular formula is C22H26FN3O. The minimum atomic E-state index is -0.240. The molecule has 2 aliphatic rings. The van der Waals surface area contributed by atoms with Gasteiger partial charge in [-0.1, -0.05) is 42.5 Å². The molecule has 2 aromatic rings. The highest BCUT2D eigenvalue weighted by Crippen LogP contribution is 2.26. The molecule has 5 heteroatoms. The van der Waals surface area contributed by atoms with Gasteiger partial charge in [-0.25, -0.2) is 15.2 Å². The van der Waals surface area contributed by atoms with Gasteiger partial charge in [0.15, 0.2) is 0 Å². The second kappa shape index (κ2) is 8.19. The van der Waals surface area contributed by atoms with E-state index in [9.17, 15) is 9.18 Å². The zero-order chi connectivity index (χ0) is 18.6. The van der Waals surface area contributed by atoms with Crippen molar-refractivity contribution in [1.82, 2.24) is 15.8 Å². The summed E-state index contributed by atoms with van der Waals surface area (Å²) in [5, 5.41) is 0. The molecule has 0 spiro atoms. The lowest BCUT2D eigenvalue weighted by molar-refractivity contribution is -0.134. The summed E-state index contributed by atoms with van der Waals surface area (Å²) in [6, 6.07) is 16.9. The van der Waals surface area contributed by atoms with E-state index in [2.05, 4.69) is 35.1 Å². The summed E-state index contributed by atoms with van der Waals surface area (Å²) in [6.45, 7) is 1.66. The molecule has 142 valence electrons. The number of halogens is 1. The quantitative estimate of drug-likeness (QED) is 0.872. The monoisotopic (exact) mass is 367 g/mol. The van der Waals surface area contributed by atoms with Crippen LogP contribution >= 0.6 is 0 Å². The van der Waals surface area contributed by atoms with Crippen LogP contribution in [-0.4, -0.2) is 29.9 Å². The first-order valence-electron chi connectivity index (χ1n) is 9.78. The third kappa shape index (κ3) is 4.37. The van der Waals surface area contributed by atoms with Crippen LogP contribution in [0.1, 0.15) is 36.4 Å². The number of hydrazine groups is 1. The number of benzene rings is 2. The van der Waals surface area contributed by atoms with Gasteiger partial charge in [-0.3, -0.25) is 4.79 Å². The Hall–Kier alpha value is -2.24. The molecule has 2 N–H and O–H groups in total. The third-order valence-corrected chi connectivity index (χ3v) is 5.77. The standard InChI is InChI=1S/C22H26FN3O/c23-19-8-6-18(7-9-19)20-15-21(25-24-20)22(27)26-12-10-17(11-13-26)14-16-4-2-1-3-5-16/h1-9,17,20-21,24-25H,10-15H2. The van der Waals surface area contributed by atoms with Crippen molar-refractivity contribution in [3.05, 3.63) is 71.5 Å². The van der Waals surface area contributed by atoms with Crippen LogP contribution in [0.15, 0.2) is 54.6 Å². The van der Waals surface area contributed by atoms with Gasteiger partial charge >= 0.3 is 0 Å². The van der Waals surface area contributed by atoms with E-state index in [4.69, 9.17) is 0 Å². The lowest BCUT2D eigenvalue weighted by Crippen LogP contribution is -2.48.